The molecule has 0 fully saturated rings. The van der Waals surface area contributed by atoms with E-state index in [0.29, 0.717) is 48.0 Å². The van der Waals surface area contributed by atoms with E-state index < -0.39 is 11.6 Å². The maximum atomic E-state index is 14.3. The van der Waals surface area contributed by atoms with Crippen molar-refractivity contribution < 1.29 is 19.4 Å². The van der Waals surface area contributed by atoms with E-state index in [9.17, 15) is 10.3 Å². The number of rotatable bonds is 15. The number of amides is 1. The van der Waals surface area contributed by atoms with Gasteiger partial charge in [0.15, 0.2) is 11.6 Å². The smallest absolute Gasteiger partial charge is 0.266 e. The van der Waals surface area contributed by atoms with E-state index in [1.165, 1.54) is 0 Å². The number of nitrogens with one attached hydrogen (secondary N) is 2. The molecule has 5 rings (SSSR count). The van der Waals surface area contributed by atoms with Crippen LogP contribution < -0.4 is 15.6 Å². The Morgan fingerprint density at radius 1 is 0.957 bits per heavy atom. The predicted molar refractivity (Wildman–Crippen MR) is 179 cm³/mol. The van der Waals surface area contributed by atoms with Gasteiger partial charge in [0.2, 0.25) is 5.90 Å². The normalized spacial score (nSPS) is 17.0. The van der Waals surface area contributed by atoms with E-state index >= 15 is 0 Å². The second-order valence-corrected chi connectivity index (χ2v) is 11.0. The van der Waals surface area contributed by atoms with Crippen molar-refractivity contribution in [2.24, 2.45) is 10.1 Å². The monoisotopic (exact) mass is 618 g/mol. The summed E-state index contributed by atoms with van der Waals surface area (Å²) in [7, 11) is 0. The summed E-state index contributed by atoms with van der Waals surface area (Å²) in [5, 5.41) is 13.0. The number of hydrogen-bond donors (Lipinski definition) is 3. The number of nitrogens with zero attached hydrogens (tertiary/aromatic N) is 4. The van der Waals surface area contributed by atoms with E-state index in [0.717, 1.165) is 29.5 Å². The average molecular weight is 619 g/mol. The Labute approximate surface area is 268 Å². The van der Waals surface area contributed by atoms with Gasteiger partial charge in [-0.05, 0) is 58.5 Å². The van der Waals surface area contributed by atoms with Gasteiger partial charge in [0, 0.05) is 42.2 Å². The predicted octanol–water partition coefficient (Wildman–Crippen LogP) is 6.98. The molecule has 0 aromatic heterocycles. The Morgan fingerprint density at radius 3 is 2.37 bits per heavy atom. The van der Waals surface area contributed by atoms with Crippen molar-refractivity contribution in [2.45, 2.75) is 44.2 Å². The van der Waals surface area contributed by atoms with Crippen LogP contribution in [0, 0.1) is 0 Å². The lowest BCUT2D eigenvalue weighted by Gasteiger charge is -2.31. The summed E-state index contributed by atoms with van der Waals surface area (Å²) in [5.74, 6) is 0.593. The minimum absolute atomic E-state index is 0.0523. The van der Waals surface area contributed by atoms with Crippen molar-refractivity contribution in [3.05, 3.63) is 130 Å². The SMILES string of the molecule is CCCCNNC(=O)[C@@]1(Cc2ccccc2N=[N+]=[N-])N=C(c2ccc(OCCCO)cc2)O[C@H]1c1ccc(-c2ccccc2)cc1. The van der Waals surface area contributed by atoms with Gasteiger partial charge < -0.3 is 14.6 Å². The molecule has 1 amide bonds. The first-order valence-corrected chi connectivity index (χ1v) is 15.5. The highest BCUT2D eigenvalue weighted by Crippen LogP contribution is 2.44. The van der Waals surface area contributed by atoms with Crippen molar-refractivity contribution >= 4 is 17.5 Å². The number of aliphatic imine (C=N–C) groups is 1. The number of ether oxygens (including phenoxy) is 2. The Kier molecular flexibility index (Phi) is 11.0. The fourth-order valence-electron chi connectivity index (χ4n) is 5.38. The van der Waals surface area contributed by atoms with Gasteiger partial charge in [-0.25, -0.2) is 10.4 Å². The molecule has 10 nitrogen and oxygen atoms in total. The second-order valence-electron chi connectivity index (χ2n) is 11.0. The van der Waals surface area contributed by atoms with Crippen LogP contribution in [0.4, 0.5) is 5.69 Å². The van der Waals surface area contributed by atoms with E-state index in [1.807, 2.05) is 91.0 Å². The lowest BCUT2D eigenvalue weighted by molar-refractivity contribution is -0.130. The summed E-state index contributed by atoms with van der Waals surface area (Å²) in [6.07, 6.45) is 1.69. The molecule has 4 aromatic carbocycles. The van der Waals surface area contributed by atoms with Gasteiger partial charge in [0.1, 0.15) is 5.75 Å². The number of aliphatic hydroxyl groups excluding tert-OH is 1. The van der Waals surface area contributed by atoms with E-state index in [4.69, 9.17) is 19.6 Å². The molecule has 0 bridgehead atoms. The lowest BCUT2D eigenvalue weighted by atomic mass is 9.81. The zero-order valence-electron chi connectivity index (χ0n) is 25.8. The van der Waals surface area contributed by atoms with Crippen molar-refractivity contribution in [3.63, 3.8) is 0 Å². The van der Waals surface area contributed by atoms with Gasteiger partial charge in [0.05, 0.1) is 6.61 Å². The van der Waals surface area contributed by atoms with Crippen molar-refractivity contribution in [1.29, 1.82) is 0 Å². The van der Waals surface area contributed by atoms with E-state index in [2.05, 4.69) is 27.8 Å². The van der Waals surface area contributed by atoms with Gasteiger partial charge in [0.25, 0.3) is 5.91 Å². The van der Waals surface area contributed by atoms with Crippen LogP contribution in [0.25, 0.3) is 21.6 Å². The summed E-state index contributed by atoms with van der Waals surface area (Å²) in [6, 6.07) is 32.5. The third-order valence-electron chi connectivity index (χ3n) is 7.81. The van der Waals surface area contributed by atoms with Crippen LogP contribution >= 0.6 is 0 Å². The first-order valence-electron chi connectivity index (χ1n) is 15.5. The molecule has 0 saturated heterocycles. The molecule has 4 aromatic rings. The van der Waals surface area contributed by atoms with Crippen molar-refractivity contribution in [1.82, 2.24) is 10.9 Å². The average Bonchev–Trinajstić information content (AvgIpc) is 3.49. The van der Waals surface area contributed by atoms with E-state index in [-0.39, 0.29) is 18.9 Å². The molecular formula is C36H38N6O4. The fourth-order valence-corrected chi connectivity index (χ4v) is 5.38. The molecular weight excluding hydrogens is 580 g/mol. The summed E-state index contributed by atoms with van der Waals surface area (Å²) in [4.78, 5) is 22.4. The van der Waals surface area contributed by atoms with Crippen LogP contribution in [0.2, 0.25) is 0 Å². The minimum Gasteiger partial charge on any atom is -0.494 e. The van der Waals surface area contributed by atoms with Crippen LogP contribution in [0.1, 0.15) is 49.0 Å². The highest BCUT2D eigenvalue weighted by Gasteiger charge is 2.53. The molecule has 0 radical (unpaired) electrons. The van der Waals surface area contributed by atoms with Gasteiger partial charge in [-0.2, -0.15) is 0 Å². The number of hydrazine groups is 1. The number of azide groups is 1. The first kappa shape index (κ1) is 32.2. The Morgan fingerprint density at radius 2 is 1.65 bits per heavy atom. The maximum Gasteiger partial charge on any atom is 0.266 e. The van der Waals surface area contributed by atoms with E-state index in [1.54, 1.807) is 12.1 Å². The van der Waals surface area contributed by atoms with Crippen LogP contribution in [0.5, 0.6) is 5.75 Å². The molecule has 0 aliphatic carbocycles. The molecule has 0 unspecified atom stereocenters. The molecule has 3 N–H and O–H groups in total. The number of hydrogen-bond acceptors (Lipinski definition) is 7. The third-order valence-corrected chi connectivity index (χ3v) is 7.81. The largest absolute Gasteiger partial charge is 0.494 e. The molecule has 10 heteroatoms. The fraction of sp³-hybridized carbons (Fsp3) is 0.278. The molecule has 1 aliphatic heterocycles. The quantitative estimate of drug-likeness (QED) is 0.0434. The number of aliphatic hydroxyl groups is 1. The summed E-state index contributed by atoms with van der Waals surface area (Å²) >= 11 is 0. The number of unbranched alkanes of at least 4 members (excludes halogenated alkanes) is 1. The van der Waals surface area contributed by atoms with Gasteiger partial charge in [-0.15, -0.1) is 0 Å². The highest BCUT2D eigenvalue weighted by molar-refractivity contribution is 6.01. The zero-order valence-corrected chi connectivity index (χ0v) is 25.8. The van der Waals surface area contributed by atoms with Crippen molar-refractivity contribution in [2.75, 3.05) is 19.8 Å². The summed E-state index contributed by atoms with van der Waals surface area (Å²) < 4.78 is 12.3. The van der Waals surface area contributed by atoms with Crippen LogP contribution in [0.15, 0.2) is 113 Å². The molecule has 0 saturated carbocycles. The summed E-state index contributed by atoms with van der Waals surface area (Å²) in [5.41, 5.74) is 18.4. The van der Waals surface area contributed by atoms with Gasteiger partial charge in [-0.1, -0.05) is 97.3 Å². The standard InChI is InChI=1S/C36H38N6O4/c1-2-3-22-38-41-35(44)36(25-30-12-7-8-13-32(30)40-42-37)33(28-16-14-27(15-17-28)26-10-5-4-6-11-26)46-34(39-36)29-18-20-31(21-19-29)45-24-9-23-43/h4-8,10-21,33,38,43H,2-3,9,22-25H2,1H3,(H,41,44)/t33-,36-/m0/s1. The van der Waals surface area contributed by atoms with Crippen molar-refractivity contribution in [3.8, 4) is 16.9 Å². The first-order chi connectivity index (χ1) is 22.6. The topological polar surface area (TPSA) is 141 Å². The highest BCUT2D eigenvalue weighted by atomic mass is 16.5. The maximum absolute atomic E-state index is 14.3. The molecule has 1 heterocycles. The Bertz CT molecular complexity index is 1670. The number of benzene rings is 4. The van der Waals surface area contributed by atoms with Crippen LogP contribution in [0.3, 0.4) is 0 Å². The molecule has 0 spiro atoms. The minimum atomic E-state index is -1.46. The molecule has 1 aliphatic rings. The van der Waals surface area contributed by atoms with Crippen LogP contribution in [-0.4, -0.2) is 42.2 Å². The van der Waals surface area contributed by atoms with Crippen LogP contribution in [-0.2, 0) is 16.0 Å². The molecule has 46 heavy (non-hydrogen) atoms. The molecule has 236 valence electrons. The number of carbonyl (C=O) groups excluding carboxylic acids is 1. The molecule has 2 atom stereocenters. The van der Waals surface area contributed by atoms with Gasteiger partial charge >= 0.3 is 0 Å². The Balaban J connectivity index is 1.58. The Hall–Kier alpha value is -5.15. The summed E-state index contributed by atoms with van der Waals surface area (Å²) in [6.45, 7) is 3.13. The second kappa shape index (κ2) is 15.7. The lowest BCUT2D eigenvalue weighted by Crippen LogP contribution is -2.54. The number of carbonyl (C=O) groups is 1. The third kappa shape index (κ3) is 7.55. The van der Waals surface area contributed by atoms with Gasteiger partial charge in [-0.3, -0.25) is 10.2 Å². The zero-order chi connectivity index (χ0) is 32.2.